The van der Waals surface area contributed by atoms with Crippen LogP contribution in [0.5, 0.6) is 0 Å². The van der Waals surface area contributed by atoms with Gasteiger partial charge in [0.1, 0.15) is 0 Å². The number of nitrogens with one attached hydrogen (secondary N) is 1. The molecule has 0 aliphatic carbocycles. The van der Waals surface area contributed by atoms with Gasteiger partial charge < -0.3 is 15.2 Å². The minimum atomic E-state index is -0.930. The number of carboxylic acid groups (broad SMARTS) is 1. The highest BCUT2D eigenvalue weighted by Gasteiger charge is 2.30. The molecule has 1 fully saturated rings. The molecule has 1 atom stereocenters. The lowest BCUT2D eigenvalue weighted by Gasteiger charge is -2.27. The maximum Gasteiger partial charge on any atom is 0.308 e. The van der Waals surface area contributed by atoms with Crippen LogP contribution in [0.15, 0.2) is 54.6 Å². The molecule has 3 rings (SSSR count). The summed E-state index contributed by atoms with van der Waals surface area (Å²) in [7, 11) is 0. The van der Waals surface area contributed by atoms with Gasteiger partial charge in [0.25, 0.3) is 5.91 Å². The monoisotopic (exact) mass is 381 g/mol. The topological polar surface area (TPSA) is 92.7 Å². The van der Waals surface area contributed by atoms with E-state index in [1.54, 1.807) is 48.5 Å². The average molecular weight is 381 g/mol. The third-order valence-electron chi connectivity index (χ3n) is 5.09. The number of ether oxygens (including phenoxy) is 1. The fourth-order valence-corrected chi connectivity index (χ4v) is 3.50. The van der Waals surface area contributed by atoms with Crippen LogP contribution in [-0.4, -0.2) is 42.5 Å². The number of rotatable bonds is 7. The molecule has 1 unspecified atom stereocenters. The lowest BCUT2D eigenvalue weighted by Crippen LogP contribution is -2.39. The summed E-state index contributed by atoms with van der Waals surface area (Å²) in [4.78, 5) is 37.2. The minimum Gasteiger partial charge on any atom is -0.481 e. The predicted molar refractivity (Wildman–Crippen MR) is 103 cm³/mol. The van der Waals surface area contributed by atoms with Gasteiger partial charge in [-0.05, 0) is 24.8 Å². The molecule has 0 saturated carbocycles. The van der Waals surface area contributed by atoms with Crippen LogP contribution in [0.4, 0.5) is 0 Å². The van der Waals surface area contributed by atoms with Crippen LogP contribution in [-0.2, 0) is 9.53 Å². The molecule has 2 N–H and O–H groups in total. The fraction of sp³-hybridized carbons (Fsp3) is 0.318. The van der Waals surface area contributed by atoms with Crippen LogP contribution in [0.25, 0.3) is 0 Å². The number of hydrogen-bond acceptors (Lipinski definition) is 4. The first-order valence-corrected chi connectivity index (χ1v) is 9.35. The summed E-state index contributed by atoms with van der Waals surface area (Å²) in [5, 5.41) is 12.3. The van der Waals surface area contributed by atoms with Crippen LogP contribution < -0.4 is 5.32 Å². The zero-order valence-electron chi connectivity index (χ0n) is 15.5. The van der Waals surface area contributed by atoms with Gasteiger partial charge in [0.15, 0.2) is 5.78 Å². The van der Waals surface area contributed by atoms with E-state index in [2.05, 4.69) is 5.32 Å². The van der Waals surface area contributed by atoms with E-state index in [1.165, 1.54) is 0 Å². The van der Waals surface area contributed by atoms with Crippen molar-refractivity contribution in [2.45, 2.75) is 12.8 Å². The fourth-order valence-electron chi connectivity index (χ4n) is 3.50. The molecular formula is C22H23NO5. The number of aliphatic carboxylic acids is 1. The Morgan fingerprint density at radius 2 is 1.57 bits per heavy atom. The van der Waals surface area contributed by atoms with Crippen LogP contribution in [0.3, 0.4) is 0 Å². The number of benzene rings is 2. The largest absolute Gasteiger partial charge is 0.481 e. The first-order chi connectivity index (χ1) is 13.6. The van der Waals surface area contributed by atoms with Crippen molar-refractivity contribution in [2.24, 2.45) is 11.8 Å². The Hall–Kier alpha value is -2.99. The second-order valence-electron chi connectivity index (χ2n) is 6.85. The summed E-state index contributed by atoms with van der Waals surface area (Å²) in [6, 6.07) is 15.3. The van der Waals surface area contributed by atoms with Crippen molar-refractivity contribution in [3.8, 4) is 0 Å². The van der Waals surface area contributed by atoms with E-state index in [1.807, 2.05) is 6.07 Å². The Morgan fingerprint density at radius 3 is 2.21 bits per heavy atom. The van der Waals surface area contributed by atoms with Crippen LogP contribution in [0, 0.1) is 11.8 Å². The van der Waals surface area contributed by atoms with E-state index >= 15 is 0 Å². The lowest BCUT2D eigenvalue weighted by molar-refractivity contribution is -0.144. The van der Waals surface area contributed by atoms with Gasteiger partial charge in [0, 0.05) is 30.9 Å². The molecule has 2 aromatic rings. The molecule has 6 heteroatoms. The van der Waals surface area contributed by atoms with E-state index in [9.17, 15) is 19.5 Å². The second-order valence-corrected chi connectivity index (χ2v) is 6.85. The Kier molecular flexibility index (Phi) is 6.55. The molecule has 28 heavy (non-hydrogen) atoms. The van der Waals surface area contributed by atoms with Gasteiger partial charge in [-0.3, -0.25) is 14.4 Å². The summed E-state index contributed by atoms with van der Waals surface area (Å²) in [6.07, 6.45) is 1.33. The highest BCUT2D eigenvalue weighted by Crippen LogP contribution is 2.24. The smallest absolute Gasteiger partial charge is 0.308 e. The SMILES string of the molecule is O=C(NCC(C(=O)O)C1CCOCC1)c1ccccc1C(=O)c1ccccc1. The number of carboxylic acids is 1. The lowest BCUT2D eigenvalue weighted by atomic mass is 9.86. The Bertz CT molecular complexity index is 843. The van der Waals surface area contributed by atoms with Crippen molar-refractivity contribution in [2.75, 3.05) is 19.8 Å². The number of hydrogen-bond donors (Lipinski definition) is 2. The van der Waals surface area contributed by atoms with E-state index < -0.39 is 17.8 Å². The number of carbonyl (C=O) groups excluding carboxylic acids is 2. The van der Waals surface area contributed by atoms with Gasteiger partial charge in [0.2, 0.25) is 0 Å². The minimum absolute atomic E-state index is 0.0205. The zero-order chi connectivity index (χ0) is 19.9. The van der Waals surface area contributed by atoms with Gasteiger partial charge in [0.05, 0.1) is 11.5 Å². The summed E-state index contributed by atoms with van der Waals surface area (Å²) in [5.74, 6) is -2.33. The summed E-state index contributed by atoms with van der Waals surface area (Å²) >= 11 is 0. The molecule has 1 saturated heterocycles. The van der Waals surface area contributed by atoms with Gasteiger partial charge in [-0.1, -0.05) is 48.5 Å². The highest BCUT2D eigenvalue weighted by atomic mass is 16.5. The molecule has 2 aromatic carbocycles. The summed E-state index contributed by atoms with van der Waals surface area (Å²) in [5.41, 5.74) is 1.03. The molecule has 1 aliphatic heterocycles. The maximum absolute atomic E-state index is 12.8. The Balaban J connectivity index is 1.74. The maximum atomic E-state index is 12.8. The van der Waals surface area contributed by atoms with Crippen molar-refractivity contribution in [1.82, 2.24) is 5.32 Å². The van der Waals surface area contributed by atoms with Crippen molar-refractivity contribution < 1.29 is 24.2 Å². The van der Waals surface area contributed by atoms with E-state index in [0.717, 1.165) is 0 Å². The predicted octanol–water partition coefficient (Wildman–Crippen LogP) is 2.77. The first kappa shape index (κ1) is 19.8. The quantitative estimate of drug-likeness (QED) is 0.720. The van der Waals surface area contributed by atoms with Crippen molar-refractivity contribution in [3.05, 3.63) is 71.3 Å². The first-order valence-electron chi connectivity index (χ1n) is 9.35. The number of carbonyl (C=O) groups is 3. The van der Waals surface area contributed by atoms with E-state index in [-0.39, 0.29) is 23.8 Å². The van der Waals surface area contributed by atoms with Crippen LogP contribution in [0.1, 0.15) is 39.1 Å². The van der Waals surface area contributed by atoms with Crippen LogP contribution in [0.2, 0.25) is 0 Å². The van der Waals surface area contributed by atoms with Crippen molar-refractivity contribution in [1.29, 1.82) is 0 Å². The molecular weight excluding hydrogens is 358 g/mol. The summed E-state index contributed by atoms with van der Waals surface area (Å²) in [6.45, 7) is 1.10. The molecule has 0 spiro atoms. The third kappa shape index (κ3) is 4.64. The van der Waals surface area contributed by atoms with E-state index in [0.29, 0.717) is 37.2 Å². The second kappa shape index (κ2) is 9.28. The molecule has 0 radical (unpaired) electrons. The van der Waals surface area contributed by atoms with Crippen LogP contribution >= 0.6 is 0 Å². The standard InChI is InChI=1S/C22H23NO5/c24-20(16-6-2-1-3-7-16)17-8-4-5-9-18(17)21(25)23-14-19(22(26)27)15-10-12-28-13-11-15/h1-9,15,19H,10-14H2,(H,23,25)(H,26,27). The average Bonchev–Trinajstić information content (AvgIpc) is 2.74. The van der Waals surface area contributed by atoms with E-state index in [4.69, 9.17) is 4.74 Å². The Morgan fingerprint density at radius 1 is 0.964 bits per heavy atom. The number of ketones is 1. The molecule has 1 amide bonds. The van der Waals surface area contributed by atoms with Gasteiger partial charge in [-0.25, -0.2) is 0 Å². The molecule has 0 bridgehead atoms. The number of amides is 1. The molecule has 6 nitrogen and oxygen atoms in total. The third-order valence-corrected chi connectivity index (χ3v) is 5.09. The molecule has 1 heterocycles. The summed E-state index contributed by atoms with van der Waals surface area (Å²) < 4.78 is 5.29. The molecule has 1 aliphatic rings. The highest BCUT2D eigenvalue weighted by molar-refractivity contribution is 6.15. The van der Waals surface area contributed by atoms with Crippen molar-refractivity contribution >= 4 is 17.7 Å². The zero-order valence-corrected chi connectivity index (χ0v) is 15.5. The molecule has 146 valence electrons. The normalized spacial score (nSPS) is 15.6. The molecule has 0 aromatic heterocycles. The van der Waals surface area contributed by atoms with Gasteiger partial charge >= 0.3 is 5.97 Å². The Labute approximate surface area is 163 Å². The van der Waals surface area contributed by atoms with Gasteiger partial charge in [-0.15, -0.1) is 0 Å². The van der Waals surface area contributed by atoms with Gasteiger partial charge in [-0.2, -0.15) is 0 Å². The van der Waals surface area contributed by atoms with Crippen molar-refractivity contribution in [3.63, 3.8) is 0 Å².